The maximum absolute atomic E-state index is 11.6. The van der Waals surface area contributed by atoms with Crippen molar-refractivity contribution < 1.29 is 9.59 Å². The molecule has 0 aliphatic carbocycles. The van der Waals surface area contributed by atoms with Crippen molar-refractivity contribution in [2.45, 2.75) is 20.8 Å². The molecule has 0 spiro atoms. The van der Waals surface area contributed by atoms with E-state index in [9.17, 15) is 9.59 Å². The molecule has 0 aliphatic rings. The molecule has 0 atom stereocenters. The Bertz CT molecular complexity index is 435. The van der Waals surface area contributed by atoms with Gasteiger partial charge in [-0.2, -0.15) is 0 Å². The molecule has 0 saturated carbocycles. The SMILES string of the molecule is CC(=O)NCC(=O)Nc1c(C)cc(Br)cc1C. The Balaban J connectivity index is 2.75. The number of halogens is 1. The summed E-state index contributed by atoms with van der Waals surface area (Å²) in [6.07, 6.45) is 0. The molecule has 2 N–H and O–H groups in total. The van der Waals surface area contributed by atoms with E-state index in [4.69, 9.17) is 0 Å². The molecular formula is C12H15BrN2O2. The number of carbonyl (C=O) groups is 2. The largest absolute Gasteiger partial charge is 0.347 e. The first-order chi connectivity index (χ1) is 7.90. The number of nitrogens with one attached hydrogen (secondary N) is 2. The summed E-state index contributed by atoms with van der Waals surface area (Å²) in [5.74, 6) is -0.446. The van der Waals surface area contributed by atoms with E-state index in [2.05, 4.69) is 26.6 Å². The molecule has 1 rings (SSSR count). The average Bonchev–Trinajstić information content (AvgIpc) is 2.20. The molecule has 2 amide bonds. The van der Waals surface area contributed by atoms with Gasteiger partial charge in [0.05, 0.1) is 6.54 Å². The van der Waals surface area contributed by atoms with E-state index in [1.54, 1.807) is 0 Å². The molecule has 5 heteroatoms. The Morgan fingerprint density at radius 2 is 1.76 bits per heavy atom. The number of amides is 2. The van der Waals surface area contributed by atoms with Gasteiger partial charge in [-0.25, -0.2) is 0 Å². The molecule has 0 radical (unpaired) electrons. The van der Waals surface area contributed by atoms with E-state index in [1.165, 1.54) is 6.92 Å². The first kappa shape index (κ1) is 13.7. The molecule has 0 aromatic heterocycles. The predicted octanol–water partition coefficient (Wildman–Crippen LogP) is 2.14. The lowest BCUT2D eigenvalue weighted by Crippen LogP contribution is -2.31. The molecule has 0 heterocycles. The van der Waals surface area contributed by atoms with E-state index in [0.717, 1.165) is 21.3 Å². The Morgan fingerprint density at radius 1 is 1.24 bits per heavy atom. The summed E-state index contributed by atoms with van der Waals surface area (Å²) >= 11 is 3.39. The second-order valence-corrected chi connectivity index (χ2v) is 4.79. The van der Waals surface area contributed by atoms with Crippen LogP contribution in [-0.4, -0.2) is 18.4 Å². The van der Waals surface area contributed by atoms with E-state index in [-0.39, 0.29) is 18.4 Å². The summed E-state index contributed by atoms with van der Waals surface area (Å²) in [6.45, 7) is 5.21. The molecule has 1 aromatic rings. The van der Waals surface area contributed by atoms with Gasteiger partial charge in [-0.3, -0.25) is 9.59 Å². The first-order valence-corrected chi connectivity index (χ1v) is 6.00. The van der Waals surface area contributed by atoms with E-state index in [1.807, 2.05) is 26.0 Å². The maximum Gasteiger partial charge on any atom is 0.243 e. The van der Waals surface area contributed by atoms with Crippen LogP contribution >= 0.6 is 15.9 Å². The van der Waals surface area contributed by atoms with Gasteiger partial charge in [-0.05, 0) is 37.1 Å². The number of anilines is 1. The van der Waals surface area contributed by atoms with Crippen LogP contribution in [-0.2, 0) is 9.59 Å². The number of hydrogen-bond donors (Lipinski definition) is 2. The summed E-state index contributed by atoms with van der Waals surface area (Å²) in [4.78, 5) is 22.3. The zero-order valence-electron chi connectivity index (χ0n) is 10.1. The Morgan fingerprint density at radius 3 is 2.24 bits per heavy atom. The van der Waals surface area contributed by atoms with Gasteiger partial charge in [0.15, 0.2) is 0 Å². The molecule has 0 fully saturated rings. The summed E-state index contributed by atoms with van der Waals surface area (Å²) < 4.78 is 0.979. The van der Waals surface area contributed by atoms with Crippen molar-refractivity contribution in [2.75, 3.05) is 11.9 Å². The van der Waals surface area contributed by atoms with Gasteiger partial charge < -0.3 is 10.6 Å². The zero-order valence-corrected chi connectivity index (χ0v) is 11.6. The van der Waals surface area contributed by atoms with Crippen LogP contribution in [0.1, 0.15) is 18.1 Å². The monoisotopic (exact) mass is 298 g/mol. The third-order valence-corrected chi connectivity index (χ3v) is 2.72. The van der Waals surface area contributed by atoms with Crippen molar-refractivity contribution >= 4 is 33.4 Å². The van der Waals surface area contributed by atoms with Crippen LogP contribution in [0.4, 0.5) is 5.69 Å². The van der Waals surface area contributed by atoms with Crippen LogP contribution in [0.15, 0.2) is 16.6 Å². The van der Waals surface area contributed by atoms with Gasteiger partial charge in [0.25, 0.3) is 0 Å². The summed E-state index contributed by atoms with van der Waals surface area (Å²) in [6, 6.07) is 3.86. The molecule has 0 saturated heterocycles. The maximum atomic E-state index is 11.6. The molecule has 17 heavy (non-hydrogen) atoms. The fourth-order valence-corrected chi connectivity index (χ4v) is 2.18. The quantitative estimate of drug-likeness (QED) is 0.898. The van der Waals surface area contributed by atoms with Crippen molar-refractivity contribution in [2.24, 2.45) is 0 Å². The Kier molecular flexibility index (Phi) is 4.69. The van der Waals surface area contributed by atoms with Crippen molar-refractivity contribution in [3.63, 3.8) is 0 Å². The Hall–Kier alpha value is -1.36. The number of hydrogen-bond acceptors (Lipinski definition) is 2. The topological polar surface area (TPSA) is 58.2 Å². The number of rotatable bonds is 3. The predicted molar refractivity (Wildman–Crippen MR) is 70.9 cm³/mol. The highest BCUT2D eigenvalue weighted by molar-refractivity contribution is 9.10. The first-order valence-electron chi connectivity index (χ1n) is 5.21. The van der Waals surface area contributed by atoms with Crippen molar-refractivity contribution in [3.05, 3.63) is 27.7 Å². The van der Waals surface area contributed by atoms with Gasteiger partial charge in [-0.15, -0.1) is 0 Å². The zero-order chi connectivity index (χ0) is 13.0. The molecule has 0 aliphatic heterocycles. The second kappa shape index (κ2) is 5.82. The number of aryl methyl sites for hydroxylation is 2. The van der Waals surface area contributed by atoms with Crippen LogP contribution in [0.2, 0.25) is 0 Å². The van der Waals surface area contributed by atoms with Crippen molar-refractivity contribution in [3.8, 4) is 0 Å². The van der Waals surface area contributed by atoms with E-state index < -0.39 is 0 Å². The molecule has 0 unspecified atom stereocenters. The average molecular weight is 299 g/mol. The third kappa shape index (κ3) is 4.19. The Labute approximate surface area is 109 Å². The van der Waals surface area contributed by atoms with Gasteiger partial charge >= 0.3 is 0 Å². The highest BCUT2D eigenvalue weighted by atomic mass is 79.9. The fraction of sp³-hybridized carbons (Fsp3) is 0.333. The normalized spacial score (nSPS) is 9.88. The molecular weight excluding hydrogens is 284 g/mol. The highest BCUT2D eigenvalue weighted by Gasteiger charge is 2.08. The molecule has 0 bridgehead atoms. The lowest BCUT2D eigenvalue weighted by Gasteiger charge is -2.12. The van der Waals surface area contributed by atoms with Crippen LogP contribution in [0.5, 0.6) is 0 Å². The van der Waals surface area contributed by atoms with Gasteiger partial charge in [0, 0.05) is 17.1 Å². The second-order valence-electron chi connectivity index (χ2n) is 3.87. The fourth-order valence-electron chi connectivity index (χ4n) is 1.50. The molecule has 92 valence electrons. The standard InChI is InChI=1S/C12H15BrN2O2/c1-7-4-10(13)5-8(2)12(7)15-11(17)6-14-9(3)16/h4-5H,6H2,1-3H3,(H,14,16)(H,15,17). The minimum atomic E-state index is -0.228. The summed E-state index contributed by atoms with van der Waals surface area (Å²) in [5, 5.41) is 5.24. The summed E-state index contributed by atoms with van der Waals surface area (Å²) in [7, 11) is 0. The lowest BCUT2D eigenvalue weighted by atomic mass is 10.1. The van der Waals surface area contributed by atoms with Gasteiger partial charge in [-0.1, -0.05) is 15.9 Å². The number of benzene rings is 1. The summed E-state index contributed by atoms with van der Waals surface area (Å²) in [5.41, 5.74) is 2.75. The van der Waals surface area contributed by atoms with E-state index in [0.29, 0.717) is 0 Å². The van der Waals surface area contributed by atoms with Crippen molar-refractivity contribution in [1.82, 2.24) is 5.32 Å². The smallest absolute Gasteiger partial charge is 0.243 e. The van der Waals surface area contributed by atoms with Crippen molar-refractivity contribution in [1.29, 1.82) is 0 Å². The highest BCUT2D eigenvalue weighted by Crippen LogP contribution is 2.24. The van der Waals surface area contributed by atoms with E-state index >= 15 is 0 Å². The van der Waals surface area contributed by atoms with Crippen LogP contribution in [0, 0.1) is 13.8 Å². The van der Waals surface area contributed by atoms with Crippen LogP contribution < -0.4 is 10.6 Å². The van der Waals surface area contributed by atoms with Gasteiger partial charge in [0.1, 0.15) is 0 Å². The number of carbonyl (C=O) groups excluding carboxylic acids is 2. The lowest BCUT2D eigenvalue weighted by molar-refractivity contribution is -0.122. The van der Waals surface area contributed by atoms with Crippen LogP contribution in [0.25, 0.3) is 0 Å². The molecule has 1 aromatic carbocycles. The van der Waals surface area contributed by atoms with Crippen LogP contribution in [0.3, 0.4) is 0 Å². The minimum Gasteiger partial charge on any atom is -0.347 e. The molecule has 4 nitrogen and oxygen atoms in total. The minimum absolute atomic E-state index is 0.00965. The third-order valence-electron chi connectivity index (χ3n) is 2.26. The van der Waals surface area contributed by atoms with Gasteiger partial charge in [0.2, 0.25) is 11.8 Å².